The molecule has 2 N–H and O–H groups in total. The zero-order valence-electron chi connectivity index (χ0n) is 9.38. The summed E-state index contributed by atoms with van der Waals surface area (Å²) in [6.07, 6.45) is 0. The molecule has 1 aromatic heterocycles. The number of aliphatic imine (C=N–C) groups is 1. The first-order chi connectivity index (χ1) is 8.81. The molecule has 0 radical (unpaired) electrons. The number of amidine groups is 1. The number of thioether (sulfide) groups is 1. The summed E-state index contributed by atoms with van der Waals surface area (Å²) in [4.78, 5) is 15.3. The molecule has 1 saturated heterocycles. The summed E-state index contributed by atoms with van der Waals surface area (Å²) in [6.45, 7) is 0. The van der Waals surface area contributed by atoms with E-state index in [1.165, 1.54) is 11.8 Å². The molecular weight excluding hydrogens is 248 g/mol. The molecule has 90 valence electrons. The molecule has 0 unspecified atom stereocenters. The second-order valence-corrected chi connectivity index (χ2v) is 4.72. The third-order valence-corrected chi connectivity index (χ3v) is 3.32. The van der Waals surface area contributed by atoms with E-state index in [0.29, 0.717) is 16.7 Å². The van der Waals surface area contributed by atoms with E-state index in [2.05, 4.69) is 20.5 Å². The van der Waals surface area contributed by atoms with Crippen molar-refractivity contribution < 1.29 is 4.79 Å². The predicted octanol–water partition coefficient (Wildman–Crippen LogP) is 1.93. The van der Waals surface area contributed by atoms with Gasteiger partial charge in [-0.1, -0.05) is 42.1 Å². The van der Waals surface area contributed by atoms with Gasteiger partial charge in [-0.15, -0.1) is 0 Å². The number of nitrogens with one attached hydrogen (secondary N) is 2. The number of amides is 1. The van der Waals surface area contributed by atoms with E-state index in [-0.39, 0.29) is 5.91 Å². The summed E-state index contributed by atoms with van der Waals surface area (Å²) in [7, 11) is 0. The van der Waals surface area contributed by atoms with Crippen LogP contribution < -0.4 is 5.32 Å². The highest BCUT2D eigenvalue weighted by atomic mass is 32.2. The van der Waals surface area contributed by atoms with Gasteiger partial charge in [0.1, 0.15) is 0 Å². The maximum Gasteiger partial charge on any atom is 0.236 e. The second-order valence-electron chi connectivity index (χ2n) is 3.76. The van der Waals surface area contributed by atoms with Crippen LogP contribution in [0.5, 0.6) is 0 Å². The molecule has 2 aromatic rings. The quantitative estimate of drug-likeness (QED) is 0.864. The molecule has 0 saturated carbocycles. The first kappa shape index (κ1) is 11.0. The number of benzene rings is 1. The van der Waals surface area contributed by atoms with Crippen molar-refractivity contribution in [1.82, 2.24) is 15.5 Å². The first-order valence-corrected chi connectivity index (χ1v) is 6.42. The van der Waals surface area contributed by atoms with Crippen LogP contribution in [0.2, 0.25) is 0 Å². The Bertz CT molecular complexity index is 606. The number of carbonyl (C=O) groups excluding carboxylic acids is 1. The number of hydrogen-bond acceptors (Lipinski definition) is 4. The minimum atomic E-state index is -0.0161. The van der Waals surface area contributed by atoms with Crippen LogP contribution in [0.15, 0.2) is 41.4 Å². The van der Waals surface area contributed by atoms with E-state index >= 15 is 0 Å². The molecule has 0 atom stereocenters. The fourth-order valence-electron chi connectivity index (χ4n) is 1.62. The molecular formula is C12H10N4OS. The van der Waals surface area contributed by atoms with Crippen LogP contribution in [0.4, 0.5) is 5.82 Å². The molecule has 5 nitrogen and oxygen atoms in total. The average Bonchev–Trinajstić information content (AvgIpc) is 3.01. The number of carbonyl (C=O) groups is 1. The zero-order chi connectivity index (χ0) is 12.4. The summed E-state index contributed by atoms with van der Waals surface area (Å²) >= 11 is 1.39. The summed E-state index contributed by atoms with van der Waals surface area (Å²) in [5.74, 6) is 0.977. The lowest BCUT2D eigenvalue weighted by Gasteiger charge is -1.93. The molecule has 18 heavy (non-hydrogen) atoms. The standard InChI is InChI=1S/C12H10N4OS/c17-11-7-18-12(14-11)13-10-6-9(15-16-10)8-4-2-1-3-5-8/h1-6H,7H2,(H2,13,14,15,16,17). The Morgan fingerprint density at radius 3 is 2.83 bits per heavy atom. The molecule has 2 heterocycles. The van der Waals surface area contributed by atoms with E-state index in [9.17, 15) is 4.79 Å². The summed E-state index contributed by atoms with van der Waals surface area (Å²) in [5, 5.41) is 10.3. The predicted molar refractivity (Wildman–Crippen MR) is 71.7 cm³/mol. The Hall–Kier alpha value is -2.08. The highest BCUT2D eigenvalue weighted by molar-refractivity contribution is 8.15. The molecule has 1 aromatic carbocycles. The molecule has 6 heteroatoms. The van der Waals surface area contributed by atoms with Crippen LogP contribution in [-0.4, -0.2) is 27.0 Å². The van der Waals surface area contributed by atoms with Gasteiger partial charge in [-0.05, 0) is 5.56 Å². The Morgan fingerprint density at radius 1 is 1.28 bits per heavy atom. The van der Waals surface area contributed by atoms with Crippen molar-refractivity contribution >= 4 is 28.7 Å². The number of aromatic amines is 1. The smallest absolute Gasteiger partial charge is 0.236 e. The number of hydrogen-bond donors (Lipinski definition) is 2. The fourth-order valence-corrected chi connectivity index (χ4v) is 2.31. The third kappa shape index (κ3) is 2.28. The van der Waals surface area contributed by atoms with Gasteiger partial charge in [0.25, 0.3) is 0 Å². The van der Waals surface area contributed by atoms with E-state index in [1.54, 1.807) is 0 Å². The van der Waals surface area contributed by atoms with E-state index < -0.39 is 0 Å². The fraction of sp³-hybridized carbons (Fsp3) is 0.0833. The summed E-state index contributed by atoms with van der Waals surface area (Å²) < 4.78 is 0. The van der Waals surface area contributed by atoms with Crippen molar-refractivity contribution in [3.8, 4) is 11.3 Å². The highest BCUT2D eigenvalue weighted by Gasteiger charge is 2.16. The summed E-state index contributed by atoms with van der Waals surface area (Å²) in [6, 6.07) is 11.7. The van der Waals surface area contributed by atoms with E-state index in [4.69, 9.17) is 0 Å². The number of rotatable bonds is 2. The lowest BCUT2D eigenvalue weighted by Crippen LogP contribution is -2.19. The van der Waals surface area contributed by atoms with Crippen LogP contribution in [0.3, 0.4) is 0 Å². The van der Waals surface area contributed by atoms with Gasteiger partial charge >= 0.3 is 0 Å². The summed E-state index contributed by atoms with van der Waals surface area (Å²) in [5.41, 5.74) is 1.96. The lowest BCUT2D eigenvalue weighted by molar-refractivity contribution is -0.116. The maximum atomic E-state index is 11.0. The second kappa shape index (κ2) is 4.66. The maximum absolute atomic E-state index is 11.0. The average molecular weight is 258 g/mol. The monoisotopic (exact) mass is 258 g/mol. The minimum Gasteiger partial charge on any atom is -0.304 e. The van der Waals surface area contributed by atoms with Crippen LogP contribution >= 0.6 is 11.8 Å². The molecule has 3 rings (SSSR count). The Morgan fingerprint density at radius 2 is 2.11 bits per heavy atom. The molecule has 1 amide bonds. The van der Waals surface area contributed by atoms with E-state index in [1.807, 2.05) is 36.4 Å². The van der Waals surface area contributed by atoms with Crippen LogP contribution in [0.1, 0.15) is 0 Å². The van der Waals surface area contributed by atoms with Crippen molar-refractivity contribution in [2.24, 2.45) is 4.99 Å². The normalized spacial score (nSPS) is 17.1. The minimum absolute atomic E-state index is 0.0161. The Kier molecular flexibility index (Phi) is 2.85. The van der Waals surface area contributed by atoms with Gasteiger partial charge in [0.05, 0.1) is 11.4 Å². The van der Waals surface area contributed by atoms with Crippen molar-refractivity contribution in [3.05, 3.63) is 36.4 Å². The van der Waals surface area contributed by atoms with Gasteiger partial charge < -0.3 is 5.32 Å². The van der Waals surface area contributed by atoms with Crippen LogP contribution in [0.25, 0.3) is 11.3 Å². The molecule has 0 spiro atoms. The number of aromatic nitrogens is 2. The van der Waals surface area contributed by atoms with Crippen molar-refractivity contribution in [2.75, 3.05) is 5.75 Å². The van der Waals surface area contributed by atoms with Crippen molar-refractivity contribution in [3.63, 3.8) is 0 Å². The van der Waals surface area contributed by atoms with Crippen molar-refractivity contribution in [2.45, 2.75) is 0 Å². The van der Waals surface area contributed by atoms with Gasteiger partial charge in [0, 0.05) is 6.07 Å². The molecule has 0 bridgehead atoms. The van der Waals surface area contributed by atoms with Gasteiger partial charge in [-0.2, -0.15) is 5.10 Å². The van der Waals surface area contributed by atoms with Gasteiger partial charge in [-0.25, -0.2) is 4.99 Å². The molecule has 1 aliphatic heterocycles. The van der Waals surface area contributed by atoms with Gasteiger partial charge in [-0.3, -0.25) is 9.89 Å². The first-order valence-electron chi connectivity index (χ1n) is 5.43. The molecule has 0 aliphatic carbocycles. The third-order valence-electron chi connectivity index (χ3n) is 2.45. The largest absolute Gasteiger partial charge is 0.304 e. The zero-order valence-corrected chi connectivity index (χ0v) is 10.2. The highest BCUT2D eigenvalue weighted by Crippen LogP contribution is 2.22. The number of nitrogens with zero attached hydrogens (tertiary/aromatic N) is 2. The molecule has 1 aliphatic rings. The Labute approximate surface area is 108 Å². The number of H-pyrrole nitrogens is 1. The van der Waals surface area contributed by atoms with E-state index in [0.717, 1.165) is 11.3 Å². The van der Waals surface area contributed by atoms with Gasteiger partial charge in [0.15, 0.2) is 11.0 Å². The van der Waals surface area contributed by atoms with Gasteiger partial charge in [0.2, 0.25) is 5.91 Å². The Balaban J connectivity index is 1.84. The topological polar surface area (TPSA) is 70.1 Å². The SMILES string of the molecule is O=C1CSC(=Nc2cc(-c3ccccc3)[nH]n2)N1. The van der Waals surface area contributed by atoms with Crippen molar-refractivity contribution in [1.29, 1.82) is 0 Å². The molecule has 1 fully saturated rings. The van der Waals surface area contributed by atoms with Crippen LogP contribution in [0, 0.1) is 0 Å². The lowest BCUT2D eigenvalue weighted by atomic mass is 10.2. The van der Waals surface area contributed by atoms with Crippen LogP contribution in [-0.2, 0) is 4.79 Å².